The summed E-state index contributed by atoms with van der Waals surface area (Å²) < 4.78 is 18.1. The third-order valence-electron chi connectivity index (χ3n) is 3.02. The van der Waals surface area contributed by atoms with Gasteiger partial charge < -0.3 is 9.32 Å². The number of anilines is 1. The molecule has 0 atom stereocenters. The maximum absolute atomic E-state index is 12.9. The van der Waals surface area contributed by atoms with Gasteiger partial charge in [-0.15, -0.1) is 0 Å². The predicted molar refractivity (Wildman–Crippen MR) is 73.5 cm³/mol. The van der Waals surface area contributed by atoms with Crippen molar-refractivity contribution in [2.75, 3.05) is 11.4 Å². The second kappa shape index (κ2) is 6.21. The molecule has 1 aromatic heterocycles. The van der Waals surface area contributed by atoms with Crippen LogP contribution in [0.5, 0.6) is 0 Å². The molecule has 0 aliphatic carbocycles. The van der Waals surface area contributed by atoms with Crippen LogP contribution >= 0.6 is 0 Å². The van der Waals surface area contributed by atoms with Crippen molar-refractivity contribution >= 4 is 11.6 Å². The number of hydrazine groups is 1. The average Bonchev–Trinajstić information content (AvgIpc) is 2.93. The molecule has 1 heterocycles. The first kappa shape index (κ1) is 14.1. The van der Waals surface area contributed by atoms with E-state index in [9.17, 15) is 9.18 Å². The summed E-state index contributed by atoms with van der Waals surface area (Å²) in [5.74, 6) is 4.54. The number of halogens is 1. The van der Waals surface area contributed by atoms with Crippen LogP contribution in [-0.4, -0.2) is 12.5 Å². The molecule has 0 spiro atoms. The molecule has 6 heteroatoms. The number of hydrogen-bond donors (Lipinski definition) is 2. The number of furan rings is 1. The van der Waals surface area contributed by atoms with Crippen LogP contribution in [0.15, 0.2) is 41.0 Å². The van der Waals surface area contributed by atoms with Gasteiger partial charge in [0.25, 0.3) is 0 Å². The van der Waals surface area contributed by atoms with Gasteiger partial charge >= 0.3 is 5.91 Å². The lowest BCUT2D eigenvalue weighted by Crippen LogP contribution is -2.31. The molecule has 3 N–H and O–H groups in total. The van der Waals surface area contributed by atoms with Gasteiger partial charge in [-0.25, -0.2) is 10.2 Å². The smallest absolute Gasteiger partial charge is 0.301 e. The molecular weight excluding hydrogens is 261 g/mol. The van der Waals surface area contributed by atoms with E-state index < -0.39 is 5.91 Å². The van der Waals surface area contributed by atoms with Crippen molar-refractivity contribution in [3.63, 3.8) is 0 Å². The van der Waals surface area contributed by atoms with Gasteiger partial charge in [0.15, 0.2) is 5.76 Å². The van der Waals surface area contributed by atoms with Crippen LogP contribution < -0.4 is 16.2 Å². The van der Waals surface area contributed by atoms with E-state index in [1.54, 1.807) is 18.2 Å². The van der Waals surface area contributed by atoms with Crippen molar-refractivity contribution in [2.24, 2.45) is 5.84 Å². The van der Waals surface area contributed by atoms with E-state index in [4.69, 9.17) is 10.3 Å². The summed E-state index contributed by atoms with van der Waals surface area (Å²) >= 11 is 0. The third kappa shape index (κ3) is 2.97. The average molecular weight is 277 g/mol. The molecule has 106 valence electrons. The Morgan fingerprint density at radius 3 is 2.65 bits per heavy atom. The lowest BCUT2D eigenvalue weighted by molar-refractivity contribution is 0.0924. The van der Waals surface area contributed by atoms with Gasteiger partial charge in [0.05, 0.1) is 6.26 Å². The normalized spacial score (nSPS) is 10.3. The molecule has 0 saturated heterocycles. The summed E-state index contributed by atoms with van der Waals surface area (Å²) in [5, 5.41) is 0. The SMILES string of the molecule is CCN(Cc1ccoc1C(=O)NN)c1ccc(F)cc1. The molecule has 2 aromatic rings. The minimum atomic E-state index is -0.472. The monoisotopic (exact) mass is 277 g/mol. The molecule has 0 aliphatic heterocycles. The van der Waals surface area contributed by atoms with Gasteiger partial charge in [0.1, 0.15) is 5.82 Å². The number of rotatable bonds is 5. The van der Waals surface area contributed by atoms with Gasteiger partial charge in [0.2, 0.25) is 0 Å². The number of carbonyl (C=O) groups excluding carboxylic acids is 1. The topological polar surface area (TPSA) is 71.5 Å². The van der Waals surface area contributed by atoms with Crippen LogP contribution in [0.3, 0.4) is 0 Å². The van der Waals surface area contributed by atoms with Gasteiger partial charge in [-0.1, -0.05) is 0 Å². The van der Waals surface area contributed by atoms with E-state index in [2.05, 4.69) is 0 Å². The van der Waals surface area contributed by atoms with Crippen molar-refractivity contribution < 1.29 is 13.6 Å². The quantitative estimate of drug-likeness (QED) is 0.498. The van der Waals surface area contributed by atoms with Crippen molar-refractivity contribution in [3.05, 3.63) is 53.7 Å². The Morgan fingerprint density at radius 2 is 2.05 bits per heavy atom. The zero-order chi connectivity index (χ0) is 14.5. The highest BCUT2D eigenvalue weighted by Crippen LogP contribution is 2.20. The summed E-state index contributed by atoms with van der Waals surface area (Å²) in [7, 11) is 0. The minimum absolute atomic E-state index is 0.188. The zero-order valence-electron chi connectivity index (χ0n) is 11.1. The molecule has 0 fully saturated rings. The van der Waals surface area contributed by atoms with Gasteiger partial charge in [-0.05, 0) is 37.3 Å². The second-order valence-electron chi connectivity index (χ2n) is 4.24. The van der Waals surface area contributed by atoms with Crippen molar-refractivity contribution in [1.29, 1.82) is 0 Å². The molecule has 0 saturated carbocycles. The van der Waals surface area contributed by atoms with Crippen LogP contribution in [-0.2, 0) is 6.54 Å². The summed E-state index contributed by atoms with van der Waals surface area (Å²) in [5.41, 5.74) is 3.64. The molecule has 0 bridgehead atoms. The van der Waals surface area contributed by atoms with Crippen LogP contribution in [0.25, 0.3) is 0 Å². The van der Waals surface area contributed by atoms with Gasteiger partial charge in [-0.2, -0.15) is 0 Å². The Morgan fingerprint density at radius 1 is 1.35 bits per heavy atom. The number of nitrogens with zero attached hydrogens (tertiary/aromatic N) is 1. The molecule has 0 unspecified atom stereocenters. The Hall–Kier alpha value is -2.34. The zero-order valence-corrected chi connectivity index (χ0v) is 11.1. The number of carbonyl (C=O) groups is 1. The molecule has 2 rings (SSSR count). The summed E-state index contributed by atoms with van der Waals surface area (Å²) in [6, 6.07) is 7.92. The maximum atomic E-state index is 12.9. The highest BCUT2D eigenvalue weighted by Gasteiger charge is 2.16. The number of hydrogen-bond acceptors (Lipinski definition) is 4. The molecule has 1 aromatic carbocycles. The lowest BCUT2D eigenvalue weighted by atomic mass is 10.2. The fourth-order valence-corrected chi connectivity index (χ4v) is 1.97. The van der Waals surface area contributed by atoms with Crippen LogP contribution in [0.4, 0.5) is 10.1 Å². The molecule has 0 radical (unpaired) electrons. The van der Waals surface area contributed by atoms with Crippen molar-refractivity contribution in [2.45, 2.75) is 13.5 Å². The van der Waals surface area contributed by atoms with Crippen LogP contribution in [0, 0.1) is 5.82 Å². The van der Waals surface area contributed by atoms with Gasteiger partial charge in [0, 0.05) is 24.3 Å². The number of amides is 1. The van der Waals surface area contributed by atoms with Crippen LogP contribution in [0.1, 0.15) is 23.0 Å². The Balaban J connectivity index is 2.20. The van der Waals surface area contributed by atoms with E-state index in [1.807, 2.05) is 17.2 Å². The van der Waals surface area contributed by atoms with E-state index in [-0.39, 0.29) is 11.6 Å². The highest BCUT2D eigenvalue weighted by molar-refractivity contribution is 5.92. The predicted octanol–water partition coefficient (Wildman–Crippen LogP) is 2.05. The molecular formula is C14H16FN3O2. The Kier molecular flexibility index (Phi) is 4.37. The number of nitrogen functional groups attached to an aromatic ring is 1. The number of nitrogens with one attached hydrogen (secondary N) is 1. The third-order valence-corrected chi connectivity index (χ3v) is 3.02. The van der Waals surface area contributed by atoms with Crippen molar-refractivity contribution in [3.8, 4) is 0 Å². The van der Waals surface area contributed by atoms with E-state index in [1.165, 1.54) is 18.4 Å². The fourth-order valence-electron chi connectivity index (χ4n) is 1.97. The Labute approximate surface area is 116 Å². The van der Waals surface area contributed by atoms with Crippen molar-refractivity contribution in [1.82, 2.24) is 5.43 Å². The minimum Gasteiger partial charge on any atom is -0.459 e. The number of nitrogens with two attached hydrogens (primary N) is 1. The summed E-state index contributed by atoms with van der Waals surface area (Å²) in [4.78, 5) is 13.5. The summed E-state index contributed by atoms with van der Waals surface area (Å²) in [6.45, 7) is 3.16. The molecule has 5 nitrogen and oxygen atoms in total. The summed E-state index contributed by atoms with van der Waals surface area (Å²) in [6.07, 6.45) is 1.44. The van der Waals surface area contributed by atoms with E-state index in [0.29, 0.717) is 13.1 Å². The largest absolute Gasteiger partial charge is 0.459 e. The highest BCUT2D eigenvalue weighted by atomic mass is 19.1. The first-order chi connectivity index (χ1) is 9.65. The molecule has 20 heavy (non-hydrogen) atoms. The molecule has 1 amide bonds. The first-order valence-electron chi connectivity index (χ1n) is 6.23. The Bertz CT molecular complexity index is 580. The van der Waals surface area contributed by atoms with Crippen LogP contribution in [0.2, 0.25) is 0 Å². The fraction of sp³-hybridized carbons (Fsp3) is 0.214. The standard InChI is InChI=1S/C14H16FN3O2/c1-2-18(12-5-3-11(15)4-6-12)9-10-7-8-20-13(10)14(19)17-16/h3-8H,2,9,16H2,1H3,(H,17,19). The second-order valence-corrected chi connectivity index (χ2v) is 4.24. The van der Waals surface area contributed by atoms with E-state index >= 15 is 0 Å². The number of benzene rings is 1. The first-order valence-corrected chi connectivity index (χ1v) is 6.23. The molecule has 0 aliphatic rings. The van der Waals surface area contributed by atoms with Gasteiger partial charge in [-0.3, -0.25) is 10.2 Å². The maximum Gasteiger partial charge on any atom is 0.301 e. The van der Waals surface area contributed by atoms with E-state index in [0.717, 1.165) is 11.3 Å². The lowest BCUT2D eigenvalue weighted by Gasteiger charge is -2.22.